The van der Waals surface area contributed by atoms with E-state index in [9.17, 15) is 5.11 Å². The molecule has 80 valence electrons. The maximum Gasteiger partial charge on any atom is 0.0568 e. The Bertz CT molecular complexity index is 129. The van der Waals surface area contributed by atoms with Crippen LogP contribution in [0, 0.1) is 11.3 Å². The highest BCUT2D eigenvalue weighted by Crippen LogP contribution is 2.38. The maximum absolute atomic E-state index is 9.84. The Labute approximate surface area is 83.5 Å². The van der Waals surface area contributed by atoms with Crippen molar-refractivity contribution in [2.75, 3.05) is 0 Å². The summed E-state index contributed by atoms with van der Waals surface area (Å²) in [5, 5.41) is 9.84. The van der Waals surface area contributed by atoms with E-state index >= 15 is 0 Å². The smallest absolute Gasteiger partial charge is 0.0568 e. The van der Waals surface area contributed by atoms with Gasteiger partial charge in [0.2, 0.25) is 0 Å². The van der Waals surface area contributed by atoms with E-state index in [2.05, 4.69) is 27.7 Å². The fraction of sp³-hybridized carbons (Fsp3) is 1.00. The van der Waals surface area contributed by atoms with Crippen LogP contribution >= 0.6 is 0 Å². The van der Waals surface area contributed by atoms with Gasteiger partial charge in [0.1, 0.15) is 0 Å². The molecular formula is C12H26O. The lowest BCUT2D eigenvalue weighted by Gasteiger charge is -2.37. The Hall–Kier alpha value is -0.0400. The number of hydrogen-bond acceptors (Lipinski definition) is 1. The average Bonchev–Trinajstić information content (AvgIpc) is 2.02. The van der Waals surface area contributed by atoms with Gasteiger partial charge >= 0.3 is 0 Å². The van der Waals surface area contributed by atoms with Gasteiger partial charge in [0.15, 0.2) is 0 Å². The fourth-order valence-corrected chi connectivity index (χ4v) is 2.41. The molecule has 0 aromatic heterocycles. The molecule has 2 atom stereocenters. The third kappa shape index (κ3) is 3.68. The second-order valence-electron chi connectivity index (χ2n) is 4.74. The van der Waals surface area contributed by atoms with Gasteiger partial charge in [-0.25, -0.2) is 0 Å². The molecule has 2 unspecified atom stereocenters. The molecule has 0 rings (SSSR count). The molecule has 0 aromatic carbocycles. The van der Waals surface area contributed by atoms with Crippen LogP contribution in [0.15, 0.2) is 0 Å². The van der Waals surface area contributed by atoms with E-state index in [0.717, 1.165) is 19.3 Å². The minimum absolute atomic E-state index is 0.167. The standard InChI is InChI=1S/C12H26O/c1-6-8-12(7-2,11(5)13)9-10(3)4/h10-11,13H,6-9H2,1-5H3. The zero-order valence-corrected chi connectivity index (χ0v) is 9.93. The number of aliphatic hydroxyl groups is 1. The van der Waals surface area contributed by atoms with E-state index in [1.165, 1.54) is 6.42 Å². The fourth-order valence-electron chi connectivity index (χ4n) is 2.41. The zero-order chi connectivity index (χ0) is 10.5. The monoisotopic (exact) mass is 186 g/mol. The lowest BCUT2D eigenvalue weighted by Crippen LogP contribution is -2.33. The highest BCUT2D eigenvalue weighted by Gasteiger charge is 2.32. The predicted octanol–water partition coefficient (Wildman–Crippen LogP) is 3.61. The molecule has 0 radical (unpaired) electrons. The van der Waals surface area contributed by atoms with Crippen molar-refractivity contribution in [1.29, 1.82) is 0 Å². The summed E-state index contributed by atoms with van der Waals surface area (Å²) in [7, 11) is 0. The Morgan fingerprint density at radius 2 is 1.69 bits per heavy atom. The molecule has 0 fully saturated rings. The molecule has 0 aliphatic carbocycles. The van der Waals surface area contributed by atoms with Crippen LogP contribution in [-0.4, -0.2) is 11.2 Å². The van der Waals surface area contributed by atoms with E-state index < -0.39 is 0 Å². The van der Waals surface area contributed by atoms with Crippen LogP contribution in [-0.2, 0) is 0 Å². The molecule has 0 bridgehead atoms. The quantitative estimate of drug-likeness (QED) is 0.672. The first-order valence-electron chi connectivity index (χ1n) is 5.66. The third-order valence-electron chi connectivity index (χ3n) is 3.15. The summed E-state index contributed by atoms with van der Waals surface area (Å²) in [4.78, 5) is 0. The molecular weight excluding hydrogens is 160 g/mol. The summed E-state index contributed by atoms with van der Waals surface area (Å²) in [6.45, 7) is 10.8. The summed E-state index contributed by atoms with van der Waals surface area (Å²) in [6.07, 6.45) is 4.40. The van der Waals surface area contributed by atoms with Crippen LogP contribution in [0.5, 0.6) is 0 Å². The van der Waals surface area contributed by atoms with Crippen LogP contribution in [0.1, 0.15) is 60.3 Å². The summed E-state index contributed by atoms with van der Waals surface area (Å²) in [6, 6.07) is 0. The molecule has 0 heterocycles. The molecule has 0 spiro atoms. The van der Waals surface area contributed by atoms with Crippen LogP contribution in [0.4, 0.5) is 0 Å². The molecule has 0 saturated carbocycles. The topological polar surface area (TPSA) is 20.2 Å². The van der Waals surface area contributed by atoms with Crippen molar-refractivity contribution in [2.45, 2.75) is 66.4 Å². The van der Waals surface area contributed by atoms with E-state index in [-0.39, 0.29) is 11.5 Å². The van der Waals surface area contributed by atoms with Gasteiger partial charge in [-0.2, -0.15) is 0 Å². The van der Waals surface area contributed by atoms with Crippen molar-refractivity contribution in [3.8, 4) is 0 Å². The Morgan fingerprint density at radius 3 is 1.92 bits per heavy atom. The second-order valence-corrected chi connectivity index (χ2v) is 4.74. The zero-order valence-electron chi connectivity index (χ0n) is 9.93. The Kier molecular flexibility index (Phi) is 5.62. The van der Waals surface area contributed by atoms with Gasteiger partial charge in [-0.3, -0.25) is 0 Å². The average molecular weight is 186 g/mol. The summed E-state index contributed by atoms with van der Waals surface area (Å²) in [5.74, 6) is 0.682. The van der Waals surface area contributed by atoms with Gasteiger partial charge in [0.25, 0.3) is 0 Å². The minimum atomic E-state index is -0.167. The van der Waals surface area contributed by atoms with E-state index in [4.69, 9.17) is 0 Å². The SMILES string of the molecule is CCCC(CC)(CC(C)C)C(C)O. The van der Waals surface area contributed by atoms with Crippen molar-refractivity contribution >= 4 is 0 Å². The number of hydrogen-bond donors (Lipinski definition) is 1. The minimum Gasteiger partial charge on any atom is -0.393 e. The second kappa shape index (κ2) is 5.64. The lowest BCUT2D eigenvalue weighted by atomic mass is 9.71. The summed E-state index contributed by atoms with van der Waals surface area (Å²) < 4.78 is 0. The molecule has 0 aromatic rings. The van der Waals surface area contributed by atoms with Crippen molar-refractivity contribution in [2.24, 2.45) is 11.3 Å². The first kappa shape index (κ1) is 13.0. The van der Waals surface area contributed by atoms with E-state index in [1.807, 2.05) is 6.92 Å². The van der Waals surface area contributed by atoms with Gasteiger partial charge in [0.05, 0.1) is 6.10 Å². The highest BCUT2D eigenvalue weighted by molar-refractivity contribution is 4.83. The predicted molar refractivity (Wildman–Crippen MR) is 58.8 cm³/mol. The molecule has 1 N–H and O–H groups in total. The molecule has 1 nitrogen and oxygen atoms in total. The van der Waals surface area contributed by atoms with Gasteiger partial charge in [0, 0.05) is 0 Å². The Balaban J connectivity index is 4.44. The van der Waals surface area contributed by atoms with Crippen molar-refractivity contribution in [3.63, 3.8) is 0 Å². The number of rotatable bonds is 6. The highest BCUT2D eigenvalue weighted by atomic mass is 16.3. The van der Waals surface area contributed by atoms with Crippen molar-refractivity contribution in [1.82, 2.24) is 0 Å². The summed E-state index contributed by atoms with van der Waals surface area (Å²) in [5.41, 5.74) is 0.170. The van der Waals surface area contributed by atoms with Gasteiger partial charge in [-0.15, -0.1) is 0 Å². The number of aliphatic hydroxyl groups excluding tert-OH is 1. The molecule has 0 saturated heterocycles. The normalized spacial score (nSPS) is 18.7. The molecule has 13 heavy (non-hydrogen) atoms. The Morgan fingerprint density at radius 1 is 1.15 bits per heavy atom. The van der Waals surface area contributed by atoms with Crippen LogP contribution in [0.3, 0.4) is 0 Å². The van der Waals surface area contributed by atoms with E-state index in [0.29, 0.717) is 5.92 Å². The summed E-state index contributed by atoms with van der Waals surface area (Å²) >= 11 is 0. The van der Waals surface area contributed by atoms with Gasteiger partial charge in [-0.1, -0.05) is 34.1 Å². The first-order chi connectivity index (χ1) is 5.98. The van der Waals surface area contributed by atoms with Gasteiger partial charge in [-0.05, 0) is 37.5 Å². The maximum atomic E-state index is 9.84. The first-order valence-corrected chi connectivity index (χ1v) is 5.66. The van der Waals surface area contributed by atoms with Crippen molar-refractivity contribution in [3.05, 3.63) is 0 Å². The largest absolute Gasteiger partial charge is 0.393 e. The molecule has 0 amide bonds. The van der Waals surface area contributed by atoms with E-state index in [1.54, 1.807) is 0 Å². The van der Waals surface area contributed by atoms with Gasteiger partial charge < -0.3 is 5.11 Å². The van der Waals surface area contributed by atoms with Crippen LogP contribution in [0.2, 0.25) is 0 Å². The third-order valence-corrected chi connectivity index (χ3v) is 3.15. The van der Waals surface area contributed by atoms with Crippen LogP contribution < -0.4 is 0 Å². The van der Waals surface area contributed by atoms with Crippen molar-refractivity contribution < 1.29 is 5.11 Å². The lowest BCUT2D eigenvalue weighted by molar-refractivity contribution is 0.0109. The molecule has 0 aliphatic rings. The van der Waals surface area contributed by atoms with Crippen LogP contribution in [0.25, 0.3) is 0 Å². The molecule has 0 aliphatic heterocycles. The molecule has 1 heteroatoms.